The van der Waals surface area contributed by atoms with E-state index in [0.717, 1.165) is 162 Å². The molecule has 7 N–H and O–H groups in total. The van der Waals surface area contributed by atoms with Crippen molar-refractivity contribution in [2.45, 2.75) is 221 Å². The molecule has 28 heteroatoms. The highest BCUT2D eigenvalue weighted by Crippen LogP contribution is 2.55. The highest BCUT2D eigenvalue weighted by atomic mass is 35.5. The molecule has 27 nitrogen and oxygen atoms in total. The fourth-order valence-corrected chi connectivity index (χ4v) is 21.2. The average Bonchev–Trinajstić information content (AvgIpc) is 1.58. The zero-order chi connectivity index (χ0) is 94.7. The number of H-pyrrole nitrogens is 3. The van der Waals surface area contributed by atoms with Crippen LogP contribution >= 0.6 is 11.6 Å². The van der Waals surface area contributed by atoms with E-state index in [1.807, 2.05) is 117 Å². The zero-order valence-corrected chi connectivity index (χ0v) is 77.9. The van der Waals surface area contributed by atoms with Crippen molar-refractivity contribution in [3.63, 3.8) is 0 Å². The van der Waals surface area contributed by atoms with Crippen LogP contribution in [-0.4, -0.2) is 178 Å². The maximum absolute atomic E-state index is 13.6. The zero-order valence-electron chi connectivity index (χ0n) is 77.1. The number of hydrogen-bond acceptors (Lipinski definition) is 19. The number of para-hydroxylation sites is 2. The SMILES string of the molecule is C=C1C(=O)O[C@H]2[C@H]1CC/C(CNC(=O)Cc1c[nH]c3ccccc13)=C\CC[C@@]1(C)O[C@@H]21.C=C1C(=O)O[C@H]2[C@H]1CC/C(CNC(=O)c1cc3cc(OC)ccc3[nH]1)=C\CC[C@@]1(C)O[C@@H]21.C=C1C(=O)O[C@H]2[C@H]1CC/C(CNC(=O)c1cc3ccccc3[nH]1)=C\CC[C@@]1(C)O[C@@H]21.C=C1C(=O)O[C@H]2[C@H]1CC/C(NC(=O)Cc1c(C)n(C(=O)c3ccc(Cl)cc3)c3ccc(OC)cc13)=C\CC[C@@]1(C)O[C@@H]21. The van der Waals surface area contributed by atoms with Crippen LogP contribution in [0.1, 0.15) is 179 Å². The first-order valence-corrected chi connectivity index (χ1v) is 47.2. The second-order valence-electron chi connectivity index (χ2n) is 38.4. The van der Waals surface area contributed by atoms with Gasteiger partial charge in [-0.25, -0.2) is 19.2 Å². The third-order valence-corrected chi connectivity index (χ3v) is 29.7. The molecule has 8 fully saturated rings. The molecule has 12 aliphatic rings. The van der Waals surface area contributed by atoms with Crippen LogP contribution in [0.25, 0.3) is 43.6 Å². The molecule has 0 unspecified atom stereocenters. The Morgan fingerprint density at radius 2 is 0.904 bits per heavy atom. The maximum atomic E-state index is 13.6. The number of rotatable bonds is 16. The van der Waals surface area contributed by atoms with Gasteiger partial charge in [0.05, 0.1) is 55.0 Å². The first-order valence-electron chi connectivity index (χ1n) is 46.8. The number of halogens is 1. The van der Waals surface area contributed by atoms with Crippen LogP contribution in [0, 0.1) is 30.6 Å². The Morgan fingerprint density at radius 3 is 1.39 bits per heavy atom. The van der Waals surface area contributed by atoms with Gasteiger partial charge in [0.1, 0.15) is 71.7 Å². The van der Waals surface area contributed by atoms with Crippen LogP contribution in [0.5, 0.6) is 11.5 Å². The molecule has 4 aromatic heterocycles. The van der Waals surface area contributed by atoms with Gasteiger partial charge in [-0.05, 0) is 233 Å². The molecule has 16 atom stereocenters. The maximum Gasteiger partial charge on any atom is 0.334 e. The van der Waals surface area contributed by atoms with Crippen LogP contribution in [0.15, 0.2) is 223 Å². The Hall–Kier alpha value is -12.7. The summed E-state index contributed by atoms with van der Waals surface area (Å²) < 4.78 is 58.6. The van der Waals surface area contributed by atoms with Gasteiger partial charge in [-0.15, -0.1) is 0 Å². The van der Waals surface area contributed by atoms with Crippen LogP contribution in [0.3, 0.4) is 0 Å². The van der Waals surface area contributed by atoms with Crippen molar-refractivity contribution in [2.75, 3.05) is 33.9 Å². The van der Waals surface area contributed by atoms with Gasteiger partial charge in [0.15, 0.2) is 0 Å². The quantitative estimate of drug-likeness (QED) is 0.0155. The molecular weight excluding hydrogens is 1740 g/mol. The third kappa shape index (κ3) is 19.5. The number of methoxy groups -OCH3 is 2. The summed E-state index contributed by atoms with van der Waals surface area (Å²) in [6.45, 7) is 27.4. The lowest BCUT2D eigenvalue weighted by Gasteiger charge is -2.20. The number of aromatic amines is 3. The molecule has 0 radical (unpaired) electrons. The van der Waals surface area contributed by atoms with Gasteiger partial charge in [-0.1, -0.05) is 115 Å². The lowest BCUT2D eigenvalue weighted by Crippen LogP contribution is -2.30. The molecule has 704 valence electrons. The Bertz CT molecular complexity index is 6430. The smallest absolute Gasteiger partial charge is 0.334 e. The molecule has 0 spiro atoms. The lowest BCUT2D eigenvalue weighted by atomic mass is 9.84. The van der Waals surface area contributed by atoms with Gasteiger partial charge in [-0.2, -0.15) is 0 Å². The molecule has 4 aliphatic carbocycles. The van der Waals surface area contributed by atoms with E-state index in [-0.39, 0.29) is 155 Å². The summed E-state index contributed by atoms with van der Waals surface area (Å²) in [6.07, 6.45) is 22.2. The van der Waals surface area contributed by atoms with E-state index in [0.29, 0.717) is 100 Å². The molecule has 9 aromatic rings. The van der Waals surface area contributed by atoms with E-state index < -0.39 is 0 Å². The third-order valence-electron chi connectivity index (χ3n) is 29.5. The number of carbonyl (C=O) groups is 9. The molecule has 0 bridgehead atoms. The number of hydrogen-bond donors (Lipinski definition) is 7. The number of amides is 4. The Morgan fingerprint density at radius 1 is 0.474 bits per heavy atom. The highest BCUT2D eigenvalue weighted by molar-refractivity contribution is 6.30. The van der Waals surface area contributed by atoms with E-state index >= 15 is 0 Å². The van der Waals surface area contributed by atoms with Crippen LogP contribution in [-0.2, 0) is 79.5 Å². The first kappa shape index (κ1) is 92.8. The van der Waals surface area contributed by atoms with Gasteiger partial charge < -0.3 is 83.6 Å². The van der Waals surface area contributed by atoms with Gasteiger partial charge >= 0.3 is 23.9 Å². The standard InChI is InChI=1S/C33H33ClN2O6.C25H28N2O5.C25H28N2O4.C24H26N2O4/c1-18-24-13-11-22(6-5-15-33(3)30(42-33)29(24)41-32(18)39)35-28(37)17-25-19(2)36(27-14-12-23(40-4)16-26(25)27)31(38)20-7-9-21(34)10-8-20;1-14-18-8-6-15(5-4-10-25(2)22(32-25)21(18)31-24(14)29)13-26-23(28)20-12-16-11-17(30-3)7-9-19(16)27-20;1-15-18-10-9-16(6-5-11-25(2)23(31-25)22(18)30-24(15)29)13-27-21(28)12-17-14-26-20-8-4-3-7-19(17)20;1-14-17-10-9-15(6-5-11-24(2)21(30-24)20(17)29-23(14)28)13-25-22(27)19-12-16-7-3-4-8-18(16)26-19/h6-10,12,14,16,24,29-30H,1,5,11,13,15,17H2,2-4H3,(H,35,37);5,7,9,11-12,18,21-22,27H,1,4,6,8,10,13H2,2-3H3,(H,26,28);3-4,6-8,14,18,22-23,26H,1,5,9-13H2,2H3,(H,27,28);3-4,6-8,12,17,20-21,26H,1,5,9-11,13H2,2H3,(H,25,27)/b22-6+;15-5+;16-6+;15-6+/t24-,29-,30-,33+;18-,21-,22-,25+;18-,22-,23-,25+;17-,20-,21-,24+/m0000/s1. The second kappa shape index (κ2) is 37.9. The Kier molecular flexibility index (Phi) is 26.0. The van der Waals surface area contributed by atoms with Crippen LogP contribution in [0.4, 0.5) is 0 Å². The number of fused-ring (bicyclic) bond motifs is 16. The van der Waals surface area contributed by atoms with E-state index in [1.54, 1.807) is 49.1 Å². The van der Waals surface area contributed by atoms with Gasteiger partial charge in [0.2, 0.25) is 11.8 Å². The minimum absolute atomic E-state index is 0.00182. The van der Waals surface area contributed by atoms with E-state index in [4.69, 9.17) is 59.0 Å². The highest BCUT2D eigenvalue weighted by Gasteiger charge is 2.65. The van der Waals surface area contributed by atoms with Crippen molar-refractivity contribution in [3.8, 4) is 11.5 Å². The summed E-state index contributed by atoms with van der Waals surface area (Å²) in [5, 5.41) is 16.6. The average molecular weight is 1850 g/mol. The summed E-state index contributed by atoms with van der Waals surface area (Å²) in [5.41, 5.74) is 12.8. The summed E-state index contributed by atoms with van der Waals surface area (Å²) in [5.74, 6) is -0.845. The normalized spacial score (nSPS) is 30.2. The second-order valence-corrected chi connectivity index (χ2v) is 38.9. The Labute approximate surface area is 787 Å². The molecule has 8 saturated heterocycles. The molecule has 135 heavy (non-hydrogen) atoms. The van der Waals surface area contributed by atoms with Gasteiger partial charge in [-0.3, -0.25) is 28.5 Å². The number of nitrogens with one attached hydrogen (secondary N) is 7. The van der Waals surface area contributed by atoms with Crippen molar-refractivity contribution in [3.05, 3.63) is 262 Å². The van der Waals surface area contributed by atoms with Crippen molar-refractivity contribution < 1.29 is 90.5 Å². The number of nitrogens with zero attached hydrogens (tertiary/aromatic N) is 1. The minimum atomic E-state index is -0.368. The number of epoxide rings is 4. The largest absolute Gasteiger partial charge is 0.497 e. The number of carbonyl (C=O) groups excluding carboxylic acids is 9. The summed E-state index contributed by atoms with van der Waals surface area (Å²) in [7, 11) is 3.20. The summed E-state index contributed by atoms with van der Waals surface area (Å²) in [6, 6.07) is 37.4. The molecule has 8 aliphatic heterocycles. The monoisotopic (exact) mass is 1850 g/mol. The van der Waals surface area contributed by atoms with Gasteiger partial charge in [0.25, 0.3) is 17.7 Å². The first-order chi connectivity index (χ1) is 64.9. The van der Waals surface area contributed by atoms with Crippen molar-refractivity contribution in [1.29, 1.82) is 0 Å². The van der Waals surface area contributed by atoms with Gasteiger partial charge in [0, 0.05) is 132 Å². The molecule has 12 heterocycles. The van der Waals surface area contributed by atoms with Crippen molar-refractivity contribution in [1.82, 2.24) is 40.8 Å². The van der Waals surface area contributed by atoms with Crippen molar-refractivity contribution in [2.24, 2.45) is 23.7 Å². The summed E-state index contributed by atoms with van der Waals surface area (Å²) >= 11 is 6.04. The van der Waals surface area contributed by atoms with E-state index in [9.17, 15) is 43.2 Å². The fraction of sp³-hybridized carbons (Fsp3) is 0.411. The topological polar surface area (TPSA) is 360 Å². The lowest BCUT2D eigenvalue weighted by molar-refractivity contribution is -0.140. The molecule has 0 saturated carbocycles. The van der Waals surface area contributed by atoms with Crippen molar-refractivity contribution >= 4 is 109 Å². The van der Waals surface area contributed by atoms with Crippen LogP contribution < -0.4 is 30.7 Å². The number of esters is 4. The van der Waals surface area contributed by atoms with E-state index in [2.05, 4.69) is 102 Å². The van der Waals surface area contributed by atoms with Crippen LogP contribution in [0.2, 0.25) is 5.02 Å². The number of allylic oxidation sites excluding steroid dienone is 5. The molecule has 5 aromatic carbocycles. The predicted molar refractivity (Wildman–Crippen MR) is 508 cm³/mol. The Balaban J connectivity index is 0.000000121. The summed E-state index contributed by atoms with van der Waals surface area (Å²) in [4.78, 5) is 123. The molecule has 21 rings (SSSR count). The fourth-order valence-electron chi connectivity index (χ4n) is 21.1. The minimum Gasteiger partial charge on any atom is -0.497 e. The van der Waals surface area contributed by atoms with E-state index in [1.165, 1.54) is 5.57 Å². The predicted octanol–water partition coefficient (Wildman–Crippen LogP) is 16.6. The number of ether oxygens (including phenoxy) is 10. The molecular formula is C107H115ClN8O19. The number of aromatic nitrogens is 4. The molecule has 4 amide bonds. The number of benzene rings is 5.